The van der Waals surface area contributed by atoms with Gasteiger partial charge in [-0.1, -0.05) is 42.5 Å². The molecule has 1 atom stereocenters. The second-order valence-electron chi connectivity index (χ2n) is 5.81. The van der Waals surface area contributed by atoms with Crippen LogP contribution in [0.4, 0.5) is 18.9 Å². The highest BCUT2D eigenvalue weighted by atomic mass is 19.4. The van der Waals surface area contributed by atoms with Crippen molar-refractivity contribution in [3.63, 3.8) is 0 Å². The molecule has 1 N–H and O–H groups in total. The van der Waals surface area contributed by atoms with E-state index in [0.717, 1.165) is 22.9 Å². The van der Waals surface area contributed by atoms with E-state index in [4.69, 9.17) is 4.74 Å². The summed E-state index contributed by atoms with van der Waals surface area (Å²) in [6.07, 6.45) is -5.35. The quantitative estimate of drug-likeness (QED) is 0.690. The molecule has 0 saturated heterocycles. The molecule has 0 spiro atoms. The molecule has 0 aliphatic carbocycles. The lowest BCUT2D eigenvalue weighted by Gasteiger charge is -2.17. The van der Waals surface area contributed by atoms with Gasteiger partial charge in [0.25, 0.3) is 5.91 Å². The lowest BCUT2D eigenvalue weighted by atomic mass is 10.1. The van der Waals surface area contributed by atoms with Crippen LogP contribution in [0.2, 0.25) is 0 Å². The van der Waals surface area contributed by atoms with Crippen LogP contribution in [0, 0.1) is 0 Å². The number of amides is 1. The molecule has 0 aromatic heterocycles. The van der Waals surface area contributed by atoms with Crippen molar-refractivity contribution >= 4 is 22.4 Å². The zero-order valence-electron chi connectivity index (χ0n) is 13.9. The molecule has 3 rings (SSSR count). The fraction of sp³-hybridized carbons (Fsp3) is 0.150. The summed E-state index contributed by atoms with van der Waals surface area (Å²) in [5.74, 6) is 0.00653. The average molecular weight is 359 g/mol. The Morgan fingerprint density at radius 3 is 2.46 bits per heavy atom. The lowest BCUT2D eigenvalue weighted by molar-refractivity contribution is -0.137. The third-order valence-corrected chi connectivity index (χ3v) is 3.88. The number of carbonyl (C=O) groups is 1. The third-order valence-electron chi connectivity index (χ3n) is 3.88. The Bertz CT molecular complexity index is 932. The summed E-state index contributed by atoms with van der Waals surface area (Å²) < 4.78 is 44.0. The summed E-state index contributed by atoms with van der Waals surface area (Å²) in [6.45, 7) is 1.55. The summed E-state index contributed by atoms with van der Waals surface area (Å²) in [4.78, 5) is 12.3. The van der Waals surface area contributed by atoms with Crippen molar-refractivity contribution in [2.24, 2.45) is 0 Å². The number of ether oxygens (including phenoxy) is 1. The van der Waals surface area contributed by atoms with Gasteiger partial charge in [-0.25, -0.2) is 0 Å². The minimum absolute atomic E-state index is 0.0678. The Labute approximate surface area is 148 Å². The van der Waals surface area contributed by atoms with Gasteiger partial charge in [-0.2, -0.15) is 13.2 Å². The van der Waals surface area contributed by atoms with Gasteiger partial charge in [0.1, 0.15) is 5.75 Å². The van der Waals surface area contributed by atoms with Crippen molar-refractivity contribution in [1.82, 2.24) is 0 Å². The number of anilines is 1. The van der Waals surface area contributed by atoms with E-state index in [1.54, 1.807) is 13.0 Å². The Hall–Kier alpha value is -3.02. The molecule has 0 radical (unpaired) electrons. The van der Waals surface area contributed by atoms with Crippen LogP contribution in [0.1, 0.15) is 12.5 Å². The molecule has 0 bridgehead atoms. The number of hydrogen-bond acceptors (Lipinski definition) is 2. The van der Waals surface area contributed by atoms with Gasteiger partial charge in [-0.15, -0.1) is 0 Å². The maximum absolute atomic E-state index is 12.8. The van der Waals surface area contributed by atoms with Crippen molar-refractivity contribution in [3.8, 4) is 5.75 Å². The molecular weight excluding hydrogens is 343 g/mol. The first-order valence-corrected chi connectivity index (χ1v) is 7.97. The maximum atomic E-state index is 12.8. The van der Waals surface area contributed by atoms with Gasteiger partial charge in [0.2, 0.25) is 0 Å². The smallest absolute Gasteiger partial charge is 0.416 e. The fourth-order valence-electron chi connectivity index (χ4n) is 2.56. The first-order valence-electron chi connectivity index (χ1n) is 7.97. The van der Waals surface area contributed by atoms with E-state index in [9.17, 15) is 18.0 Å². The molecule has 0 aliphatic heterocycles. The van der Waals surface area contributed by atoms with Crippen LogP contribution in [0.5, 0.6) is 5.75 Å². The lowest BCUT2D eigenvalue weighted by Crippen LogP contribution is -2.30. The van der Waals surface area contributed by atoms with E-state index < -0.39 is 23.8 Å². The Morgan fingerprint density at radius 1 is 1.00 bits per heavy atom. The molecule has 3 nitrogen and oxygen atoms in total. The number of fused-ring (bicyclic) bond motifs is 1. The topological polar surface area (TPSA) is 38.3 Å². The van der Waals surface area contributed by atoms with Crippen LogP contribution in [0.25, 0.3) is 10.8 Å². The normalized spacial score (nSPS) is 12.6. The molecule has 6 heteroatoms. The monoisotopic (exact) mass is 359 g/mol. The van der Waals surface area contributed by atoms with Gasteiger partial charge in [-0.3, -0.25) is 4.79 Å². The van der Waals surface area contributed by atoms with E-state index >= 15 is 0 Å². The SMILES string of the molecule is C[C@H](Oc1cccc2ccccc12)C(=O)Nc1cccc(C(F)(F)F)c1. The number of carbonyl (C=O) groups excluding carboxylic acids is 1. The summed E-state index contributed by atoms with van der Waals surface area (Å²) in [7, 11) is 0. The first-order chi connectivity index (χ1) is 12.3. The standard InChI is InChI=1S/C20H16F3NO2/c1-13(26-18-11-4-7-14-6-2-3-10-17(14)18)19(25)24-16-9-5-8-15(12-16)20(21,22)23/h2-13H,1H3,(H,24,25)/t13-/m0/s1. The van der Waals surface area contributed by atoms with Gasteiger partial charge < -0.3 is 10.1 Å². The van der Waals surface area contributed by atoms with Crippen LogP contribution >= 0.6 is 0 Å². The second-order valence-corrected chi connectivity index (χ2v) is 5.81. The van der Waals surface area contributed by atoms with Crippen LogP contribution in [0.3, 0.4) is 0 Å². The van der Waals surface area contributed by atoms with Gasteiger partial charge in [0, 0.05) is 11.1 Å². The number of hydrogen-bond donors (Lipinski definition) is 1. The third kappa shape index (κ3) is 3.96. The van der Waals surface area contributed by atoms with E-state index in [0.29, 0.717) is 5.75 Å². The second kappa shape index (κ2) is 7.07. The van der Waals surface area contributed by atoms with Gasteiger partial charge in [0.05, 0.1) is 5.56 Å². The molecule has 3 aromatic carbocycles. The van der Waals surface area contributed by atoms with Crippen molar-refractivity contribution in [3.05, 3.63) is 72.3 Å². The Kier molecular flexibility index (Phi) is 4.84. The van der Waals surface area contributed by atoms with E-state index in [-0.39, 0.29) is 5.69 Å². The molecule has 134 valence electrons. The van der Waals surface area contributed by atoms with Crippen LogP contribution < -0.4 is 10.1 Å². The molecular formula is C20H16F3NO2. The molecule has 1 amide bonds. The van der Waals surface area contributed by atoms with E-state index in [1.165, 1.54) is 12.1 Å². The first kappa shape index (κ1) is 17.8. The van der Waals surface area contributed by atoms with E-state index in [2.05, 4.69) is 5.32 Å². The predicted molar refractivity (Wildman–Crippen MR) is 94.1 cm³/mol. The fourth-order valence-corrected chi connectivity index (χ4v) is 2.56. The number of nitrogens with one attached hydrogen (secondary N) is 1. The molecule has 0 saturated carbocycles. The van der Waals surface area contributed by atoms with Crippen molar-refractivity contribution in [2.45, 2.75) is 19.2 Å². The Morgan fingerprint density at radius 2 is 1.69 bits per heavy atom. The summed E-state index contributed by atoms with van der Waals surface area (Å²) in [6, 6.07) is 17.5. The van der Waals surface area contributed by atoms with Crippen molar-refractivity contribution < 1.29 is 22.7 Å². The summed E-state index contributed by atoms with van der Waals surface area (Å²) in [5.41, 5.74) is -0.754. The molecule has 0 heterocycles. The molecule has 0 unspecified atom stereocenters. The molecule has 0 aliphatic rings. The number of alkyl halides is 3. The zero-order chi connectivity index (χ0) is 18.7. The molecule has 26 heavy (non-hydrogen) atoms. The molecule has 3 aromatic rings. The molecule has 0 fully saturated rings. The van der Waals surface area contributed by atoms with E-state index in [1.807, 2.05) is 36.4 Å². The van der Waals surface area contributed by atoms with Gasteiger partial charge in [0.15, 0.2) is 6.10 Å². The highest BCUT2D eigenvalue weighted by molar-refractivity contribution is 5.95. The minimum Gasteiger partial charge on any atom is -0.480 e. The van der Waals surface area contributed by atoms with Crippen LogP contribution in [-0.4, -0.2) is 12.0 Å². The van der Waals surface area contributed by atoms with Crippen LogP contribution in [-0.2, 0) is 11.0 Å². The maximum Gasteiger partial charge on any atom is 0.416 e. The number of benzene rings is 3. The van der Waals surface area contributed by atoms with Crippen molar-refractivity contribution in [2.75, 3.05) is 5.32 Å². The zero-order valence-corrected chi connectivity index (χ0v) is 13.9. The van der Waals surface area contributed by atoms with Gasteiger partial charge >= 0.3 is 6.18 Å². The van der Waals surface area contributed by atoms with Gasteiger partial charge in [-0.05, 0) is 36.6 Å². The number of halogens is 3. The average Bonchev–Trinajstić information content (AvgIpc) is 2.61. The summed E-state index contributed by atoms with van der Waals surface area (Å²) in [5, 5.41) is 4.28. The van der Waals surface area contributed by atoms with Crippen LogP contribution in [0.15, 0.2) is 66.7 Å². The highest BCUT2D eigenvalue weighted by Crippen LogP contribution is 2.31. The number of rotatable bonds is 4. The highest BCUT2D eigenvalue weighted by Gasteiger charge is 2.30. The largest absolute Gasteiger partial charge is 0.480 e. The summed E-state index contributed by atoms with van der Waals surface area (Å²) >= 11 is 0. The van der Waals surface area contributed by atoms with Crippen molar-refractivity contribution in [1.29, 1.82) is 0 Å². The predicted octanol–water partition coefficient (Wildman–Crippen LogP) is 5.26. The Balaban J connectivity index is 1.74. The minimum atomic E-state index is -4.47.